The maximum atomic E-state index is 11.9. The van der Waals surface area contributed by atoms with E-state index in [0.717, 1.165) is 0 Å². The molecule has 0 saturated carbocycles. The van der Waals surface area contributed by atoms with E-state index in [1.165, 1.54) is 4.31 Å². The second-order valence-corrected chi connectivity index (χ2v) is 5.41. The Labute approximate surface area is 101 Å². The SMILES string of the molecule is O=S(=O)(NCc1ccccn1)N1CCOCC1. The van der Waals surface area contributed by atoms with E-state index in [1.54, 1.807) is 18.3 Å². The molecule has 0 atom stereocenters. The highest BCUT2D eigenvalue weighted by atomic mass is 32.2. The van der Waals surface area contributed by atoms with Gasteiger partial charge in [0.25, 0.3) is 10.2 Å². The number of pyridine rings is 1. The molecular weight excluding hydrogens is 242 g/mol. The van der Waals surface area contributed by atoms with Gasteiger partial charge in [-0.25, -0.2) is 0 Å². The van der Waals surface area contributed by atoms with Crippen LogP contribution in [0.5, 0.6) is 0 Å². The summed E-state index contributed by atoms with van der Waals surface area (Å²) in [7, 11) is -3.42. The molecule has 0 aliphatic carbocycles. The highest BCUT2D eigenvalue weighted by molar-refractivity contribution is 7.87. The lowest BCUT2D eigenvalue weighted by molar-refractivity contribution is 0.0724. The van der Waals surface area contributed by atoms with E-state index < -0.39 is 10.2 Å². The summed E-state index contributed by atoms with van der Waals surface area (Å²) < 4.78 is 32.8. The fraction of sp³-hybridized carbons (Fsp3) is 0.500. The Hall–Kier alpha value is -1.02. The molecule has 0 spiro atoms. The van der Waals surface area contributed by atoms with E-state index in [0.29, 0.717) is 32.0 Å². The summed E-state index contributed by atoms with van der Waals surface area (Å²) in [6.07, 6.45) is 1.64. The zero-order valence-electron chi connectivity index (χ0n) is 9.37. The highest BCUT2D eigenvalue weighted by Crippen LogP contribution is 2.03. The molecule has 1 aromatic heterocycles. The molecule has 1 fully saturated rings. The van der Waals surface area contributed by atoms with Crippen LogP contribution in [-0.2, 0) is 21.5 Å². The van der Waals surface area contributed by atoms with E-state index in [4.69, 9.17) is 4.74 Å². The second kappa shape index (κ2) is 5.54. The Kier molecular flexibility index (Phi) is 4.06. The lowest BCUT2D eigenvalue weighted by Crippen LogP contribution is -2.46. The lowest BCUT2D eigenvalue weighted by Gasteiger charge is -2.25. The highest BCUT2D eigenvalue weighted by Gasteiger charge is 2.23. The first-order chi connectivity index (χ1) is 8.18. The van der Waals surface area contributed by atoms with Gasteiger partial charge >= 0.3 is 0 Å². The summed E-state index contributed by atoms with van der Waals surface area (Å²) in [6.45, 7) is 1.91. The van der Waals surface area contributed by atoms with Crippen molar-refractivity contribution < 1.29 is 13.2 Å². The Morgan fingerprint density at radius 3 is 2.76 bits per heavy atom. The molecule has 17 heavy (non-hydrogen) atoms. The van der Waals surface area contributed by atoms with Gasteiger partial charge in [0.1, 0.15) is 0 Å². The largest absolute Gasteiger partial charge is 0.379 e. The minimum absolute atomic E-state index is 0.209. The predicted molar refractivity (Wildman–Crippen MR) is 62.4 cm³/mol. The topological polar surface area (TPSA) is 71.5 Å². The number of hydrogen-bond acceptors (Lipinski definition) is 4. The van der Waals surface area contributed by atoms with Crippen LogP contribution in [0.15, 0.2) is 24.4 Å². The molecule has 7 heteroatoms. The molecule has 94 valence electrons. The fourth-order valence-electron chi connectivity index (χ4n) is 1.55. The standard InChI is InChI=1S/C10H15N3O3S/c14-17(15,13-5-7-16-8-6-13)12-9-10-3-1-2-4-11-10/h1-4,12H,5-9H2. The van der Waals surface area contributed by atoms with Crippen LogP contribution < -0.4 is 4.72 Å². The normalized spacial score (nSPS) is 18.1. The number of rotatable bonds is 4. The number of aromatic nitrogens is 1. The van der Waals surface area contributed by atoms with Crippen molar-refractivity contribution in [3.05, 3.63) is 30.1 Å². The second-order valence-electron chi connectivity index (χ2n) is 3.66. The van der Waals surface area contributed by atoms with Crippen LogP contribution in [0.3, 0.4) is 0 Å². The van der Waals surface area contributed by atoms with Gasteiger partial charge in [-0.15, -0.1) is 0 Å². The number of ether oxygens (including phenoxy) is 1. The van der Waals surface area contributed by atoms with Crippen molar-refractivity contribution >= 4 is 10.2 Å². The van der Waals surface area contributed by atoms with E-state index in [9.17, 15) is 8.42 Å². The molecule has 0 radical (unpaired) electrons. The third-order valence-corrected chi connectivity index (χ3v) is 4.03. The number of nitrogens with zero attached hydrogens (tertiary/aromatic N) is 2. The Balaban J connectivity index is 1.93. The Morgan fingerprint density at radius 2 is 2.12 bits per heavy atom. The first-order valence-electron chi connectivity index (χ1n) is 5.41. The van der Waals surface area contributed by atoms with Gasteiger partial charge in [0.15, 0.2) is 0 Å². The maximum absolute atomic E-state index is 11.9. The number of nitrogens with one attached hydrogen (secondary N) is 1. The zero-order valence-corrected chi connectivity index (χ0v) is 10.2. The number of morpholine rings is 1. The van der Waals surface area contributed by atoms with Gasteiger partial charge in [-0.3, -0.25) is 4.98 Å². The minimum atomic E-state index is -3.42. The van der Waals surface area contributed by atoms with Crippen molar-refractivity contribution in [1.82, 2.24) is 14.0 Å². The quantitative estimate of drug-likeness (QED) is 0.807. The first kappa shape index (κ1) is 12.4. The van der Waals surface area contributed by atoms with Crippen molar-refractivity contribution in [3.63, 3.8) is 0 Å². The summed E-state index contributed by atoms with van der Waals surface area (Å²) >= 11 is 0. The predicted octanol–water partition coefficient (Wildman–Crippen LogP) is -0.252. The smallest absolute Gasteiger partial charge is 0.279 e. The van der Waals surface area contributed by atoms with Crippen LogP contribution in [0.2, 0.25) is 0 Å². The van der Waals surface area contributed by atoms with Crippen LogP contribution in [0.4, 0.5) is 0 Å². The average Bonchev–Trinajstić information content (AvgIpc) is 2.39. The van der Waals surface area contributed by atoms with Crippen LogP contribution in [0.25, 0.3) is 0 Å². The fourth-order valence-corrected chi connectivity index (χ4v) is 2.69. The Morgan fingerprint density at radius 1 is 1.35 bits per heavy atom. The summed E-state index contributed by atoms with van der Waals surface area (Å²) in [4.78, 5) is 4.06. The van der Waals surface area contributed by atoms with Gasteiger partial charge in [0.2, 0.25) is 0 Å². The van der Waals surface area contributed by atoms with Crippen LogP contribution in [-0.4, -0.2) is 44.0 Å². The van der Waals surface area contributed by atoms with E-state index in [-0.39, 0.29) is 6.54 Å². The molecule has 1 aliphatic rings. The van der Waals surface area contributed by atoms with Crippen molar-refractivity contribution in [3.8, 4) is 0 Å². The van der Waals surface area contributed by atoms with Crippen LogP contribution in [0.1, 0.15) is 5.69 Å². The monoisotopic (exact) mass is 257 g/mol. The van der Waals surface area contributed by atoms with Gasteiger partial charge in [0.05, 0.1) is 25.5 Å². The molecule has 6 nitrogen and oxygen atoms in total. The van der Waals surface area contributed by atoms with Crippen molar-refractivity contribution in [1.29, 1.82) is 0 Å². The molecule has 1 N–H and O–H groups in total. The van der Waals surface area contributed by atoms with E-state index in [2.05, 4.69) is 9.71 Å². The molecule has 1 aliphatic heterocycles. The summed E-state index contributed by atoms with van der Waals surface area (Å²) in [5, 5.41) is 0. The van der Waals surface area contributed by atoms with Gasteiger partial charge in [-0.2, -0.15) is 17.4 Å². The molecule has 0 amide bonds. The molecule has 2 rings (SSSR count). The Bertz CT molecular complexity index is 443. The van der Waals surface area contributed by atoms with Crippen molar-refractivity contribution in [2.75, 3.05) is 26.3 Å². The van der Waals surface area contributed by atoms with Gasteiger partial charge in [0, 0.05) is 19.3 Å². The molecule has 0 bridgehead atoms. The minimum Gasteiger partial charge on any atom is -0.379 e. The van der Waals surface area contributed by atoms with E-state index >= 15 is 0 Å². The lowest BCUT2D eigenvalue weighted by atomic mass is 10.4. The molecule has 1 saturated heterocycles. The summed E-state index contributed by atoms with van der Waals surface area (Å²) in [5.74, 6) is 0. The first-order valence-corrected chi connectivity index (χ1v) is 6.85. The number of hydrogen-bond donors (Lipinski definition) is 1. The average molecular weight is 257 g/mol. The van der Waals surface area contributed by atoms with E-state index in [1.807, 2.05) is 6.07 Å². The molecule has 0 unspecified atom stereocenters. The van der Waals surface area contributed by atoms with Crippen LogP contribution in [0, 0.1) is 0 Å². The summed E-state index contributed by atoms with van der Waals surface area (Å²) in [6, 6.07) is 5.40. The zero-order chi connectivity index (χ0) is 12.1. The van der Waals surface area contributed by atoms with Gasteiger partial charge < -0.3 is 4.74 Å². The third-order valence-electron chi connectivity index (χ3n) is 2.47. The summed E-state index contributed by atoms with van der Waals surface area (Å²) in [5.41, 5.74) is 0.698. The van der Waals surface area contributed by atoms with Crippen molar-refractivity contribution in [2.24, 2.45) is 0 Å². The third kappa shape index (κ3) is 3.47. The molecule has 2 heterocycles. The van der Waals surface area contributed by atoms with Crippen molar-refractivity contribution in [2.45, 2.75) is 6.54 Å². The van der Waals surface area contributed by atoms with Gasteiger partial charge in [-0.1, -0.05) is 6.07 Å². The van der Waals surface area contributed by atoms with Gasteiger partial charge in [-0.05, 0) is 12.1 Å². The van der Waals surface area contributed by atoms with Crippen LogP contribution >= 0.6 is 0 Å². The molecule has 1 aromatic rings. The molecule has 0 aromatic carbocycles. The maximum Gasteiger partial charge on any atom is 0.279 e. The molecular formula is C10H15N3O3S.